The monoisotopic (exact) mass is 371 g/mol. The van der Waals surface area contributed by atoms with Gasteiger partial charge in [0.2, 0.25) is 5.91 Å². The van der Waals surface area contributed by atoms with Crippen molar-refractivity contribution in [2.45, 2.75) is 52.5 Å². The van der Waals surface area contributed by atoms with Gasteiger partial charge in [-0.1, -0.05) is 45.0 Å². The van der Waals surface area contributed by atoms with Crippen LogP contribution in [0.25, 0.3) is 0 Å². The number of carbonyl (C=O) groups excluding carboxylic acids is 1. The van der Waals surface area contributed by atoms with E-state index in [-0.39, 0.29) is 0 Å². The van der Waals surface area contributed by atoms with Gasteiger partial charge in [0, 0.05) is 39.1 Å². The third kappa shape index (κ3) is 5.79. The third-order valence-electron chi connectivity index (χ3n) is 6.40. The third-order valence-corrected chi connectivity index (χ3v) is 6.40. The van der Waals surface area contributed by atoms with Crippen LogP contribution in [0.3, 0.4) is 0 Å². The molecule has 0 bridgehead atoms. The molecule has 0 aromatic heterocycles. The standard InChI is InChI=1S/C23H37N3O/c1-4-24-13-15-26(16-14-24)23(27)17-20-9-11-25(12-10-20)18-21-5-7-22(8-6-21)19(2)3/h5-8,19-20H,4,9-18H2,1-3H3. The number of rotatable bonds is 6. The fraction of sp³-hybridized carbons (Fsp3) is 0.696. The molecule has 2 aliphatic rings. The Morgan fingerprint density at radius 3 is 2.15 bits per heavy atom. The molecule has 150 valence electrons. The van der Waals surface area contributed by atoms with Crippen LogP contribution < -0.4 is 0 Å². The van der Waals surface area contributed by atoms with Gasteiger partial charge in [0.25, 0.3) is 0 Å². The molecule has 2 saturated heterocycles. The lowest BCUT2D eigenvalue weighted by molar-refractivity contribution is -0.134. The van der Waals surface area contributed by atoms with E-state index in [0.29, 0.717) is 17.7 Å². The van der Waals surface area contributed by atoms with E-state index in [2.05, 4.69) is 59.7 Å². The summed E-state index contributed by atoms with van der Waals surface area (Å²) < 4.78 is 0. The number of likely N-dealkylation sites (N-methyl/N-ethyl adjacent to an activating group) is 1. The minimum atomic E-state index is 0.383. The molecule has 0 saturated carbocycles. The highest BCUT2D eigenvalue weighted by Gasteiger charge is 2.25. The van der Waals surface area contributed by atoms with E-state index in [9.17, 15) is 4.79 Å². The SMILES string of the molecule is CCN1CCN(C(=O)CC2CCN(Cc3ccc(C(C)C)cc3)CC2)CC1. The largest absolute Gasteiger partial charge is 0.340 e. The highest BCUT2D eigenvalue weighted by Crippen LogP contribution is 2.23. The summed E-state index contributed by atoms with van der Waals surface area (Å²) in [4.78, 5) is 19.7. The van der Waals surface area contributed by atoms with Crippen molar-refractivity contribution in [3.8, 4) is 0 Å². The van der Waals surface area contributed by atoms with Crippen LogP contribution in [-0.2, 0) is 11.3 Å². The van der Waals surface area contributed by atoms with Gasteiger partial charge in [-0.25, -0.2) is 0 Å². The van der Waals surface area contributed by atoms with Crippen LogP contribution in [0.4, 0.5) is 0 Å². The van der Waals surface area contributed by atoms with Crippen molar-refractivity contribution in [2.75, 3.05) is 45.8 Å². The van der Waals surface area contributed by atoms with Crippen molar-refractivity contribution < 1.29 is 4.79 Å². The second-order valence-corrected chi connectivity index (χ2v) is 8.63. The molecule has 2 fully saturated rings. The fourth-order valence-electron chi connectivity index (χ4n) is 4.30. The number of carbonyl (C=O) groups is 1. The van der Waals surface area contributed by atoms with E-state index < -0.39 is 0 Å². The predicted molar refractivity (Wildman–Crippen MR) is 112 cm³/mol. The van der Waals surface area contributed by atoms with Crippen LogP contribution in [0.15, 0.2) is 24.3 Å². The van der Waals surface area contributed by atoms with Crippen molar-refractivity contribution in [3.05, 3.63) is 35.4 Å². The molecule has 0 N–H and O–H groups in total. The van der Waals surface area contributed by atoms with E-state index in [1.165, 1.54) is 11.1 Å². The van der Waals surface area contributed by atoms with E-state index in [1.54, 1.807) is 0 Å². The Hall–Kier alpha value is -1.39. The molecule has 4 heteroatoms. The van der Waals surface area contributed by atoms with E-state index >= 15 is 0 Å². The summed E-state index contributed by atoms with van der Waals surface area (Å²) in [6, 6.07) is 9.09. The van der Waals surface area contributed by atoms with Crippen molar-refractivity contribution in [1.29, 1.82) is 0 Å². The smallest absolute Gasteiger partial charge is 0.222 e. The minimum absolute atomic E-state index is 0.383. The average Bonchev–Trinajstić information content (AvgIpc) is 2.70. The van der Waals surface area contributed by atoms with E-state index in [0.717, 1.165) is 71.6 Å². The quantitative estimate of drug-likeness (QED) is 0.765. The van der Waals surface area contributed by atoms with Gasteiger partial charge in [0.1, 0.15) is 0 Å². The van der Waals surface area contributed by atoms with Crippen molar-refractivity contribution in [3.63, 3.8) is 0 Å². The van der Waals surface area contributed by atoms with E-state index in [1.807, 2.05) is 0 Å². The van der Waals surface area contributed by atoms with Crippen LogP contribution in [0.2, 0.25) is 0 Å². The molecule has 1 amide bonds. The summed E-state index contributed by atoms with van der Waals surface area (Å²) in [5.41, 5.74) is 2.82. The molecule has 2 heterocycles. The normalized spacial score (nSPS) is 20.4. The van der Waals surface area contributed by atoms with Crippen molar-refractivity contribution in [1.82, 2.24) is 14.7 Å². The van der Waals surface area contributed by atoms with Gasteiger partial charge in [0.05, 0.1) is 0 Å². The number of amides is 1. The molecule has 2 aliphatic heterocycles. The number of benzene rings is 1. The fourth-order valence-corrected chi connectivity index (χ4v) is 4.30. The number of likely N-dealkylation sites (tertiary alicyclic amines) is 1. The zero-order chi connectivity index (χ0) is 19.2. The lowest BCUT2D eigenvalue weighted by Crippen LogP contribution is -2.49. The van der Waals surface area contributed by atoms with Gasteiger partial charge in [-0.05, 0) is 55.4 Å². The molecule has 1 aromatic carbocycles. The molecular weight excluding hydrogens is 334 g/mol. The molecule has 1 aromatic rings. The second kappa shape index (κ2) is 9.70. The molecule has 0 atom stereocenters. The number of hydrogen-bond acceptors (Lipinski definition) is 3. The Kier molecular flexibility index (Phi) is 7.31. The first kappa shape index (κ1) is 20.3. The maximum atomic E-state index is 12.6. The molecule has 4 nitrogen and oxygen atoms in total. The summed E-state index contributed by atoms with van der Waals surface area (Å²) >= 11 is 0. The summed E-state index contributed by atoms with van der Waals surface area (Å²) in [6.45, 7) is 15.0. The van der Waals surface area contributed by atoms with Gasteiger partial charge in [-0.2, -0.15) is 0 Å². The zero-order valence-electron chi connectivity index (χ0n) is 17.5. The summed E-state index contributed by atoms with van der Waals surface area (Å²) in [7, 11) is 0. The molecule has 0 spiro atoms. The first-order valence-corrected chi connectivity index (χ1v) is 10.9. The second-order valence-electron chi connectivity index (χ2n) is 8.63. The first-order valence-electron chi connectivity index (χ1n) is 10.9. The van der Waals surface area contributed by atoms with Crippen LogP contribution in [0.1, 0.15) is 57.1 Å². The number of piperazine rings is 1. The van der Waals surface area contributed by atoms with Gasteiger partial charge in [-0.15, -0.1) is 0 Å². The average molecular weight is 372 g/mol. The van der Waals surface area contributed by atoms with Crippen LogP contribution in [0, 0.1) is 5.92 Å². The Bertz CT molecular complexity index is 582. The maximum absolute atomic E-state index is 12.6. The number of hydrogen-bond donors (Lipinski definition) is 0. The highest BCUT2D eigenvalue weighted by molar-refractivity contribution is 5.76. The molecule has 0 radical (unpaired) electrons. The van der Waals surface area contributed by atoms with E-state index in [4.69, 9.17) is 0 Å². The topological polar surface area (TPSA) is 26.8 Å². The highest BCUT2D eigenvalue weighted by atomic mass is 16.2. The van der Waals surface area contributed by atoms with Crippen molar-refractivity contribution >= 4 is 5.91 Å². The number of nitrogens with zero attached hydrogens (tertiary/aromatic N) is 3. The Balaban J connectivity index is 1.39. The number of piperidine rings is 1. The first-order chi connectivity index (χ1) is 13.0. The van der Waals surface area contributed by atoms with Crippen LogP contribution in [0.5, 0.6) is 0 Å². The van der Waals surface area contributed by atoms with Gasteiger partial charge < -0.3 is 9.80 Å². The predicted octanol–water partition coefficient (Wildman–Crippen LogP) is 3.58. The zero-order valence-corrected chi connectivity index (χ0v) is 17.5. The lowest BCUT2D eigenvalue weighted by Gasteiger charge is -2.36. The van der Waals surface area contributed by atoms with Gasteiger partial charge in [-0.3, -0.25) is 9.69 Å². The Morgan fingerprint density at radius 2 is 1.59 bits per heavy atom. The maximum Gasteiger partial charge on any atom is 0.222 e. The van der Waals surface area contributed by atoms with Gasteiger partial charge in [0.15, 0.2) is 0 Å². The van der Waals surface area contributed by atoms with Crippen LogP contribution in [-0.4, -0.2) is 66.4 Å². The molecule has 27 heavy (non-hydrogen) atoms. The summed E-state index contributed by atoms with van der Waals surface area (Å²) in [6.07, 6.45) is 3.07. The molecule has 0 unspecified atom stereocenters. The minimum Gasteiger partial charge on any atom is -0.340 e. The lowest BCUT2D eigenvalue weighted by atomic mass is 9.92. The summed E-state index contributed by atoms with van der Waals surface area (Å²) in [5, 5.41) is 0. The summed E-state index contributed by atoms with van der Waals surface area (Å²) in [5.74, 6) is 1.55. The van der Waals surface area contributed by atoms with Gasteiger partial charge >= 0.3 is 0 Å². The molecule has 0 aliphatic carbocycles. The Morgan fingerprint density at radius 1 is 0.963 bits per heavy atom. The van der Waals surface area contributed by atoms with Crippen LogP contribution >= 0.6 is 0 Å². The molecule has 3 rings (SSSR count). The molecular formula is C23H37N3O. The van der Waals surface area contributed by atoms with Crippen molar-refractivity contribution in [2.24, 2.45) is 5.92 Å². The Labute approximate surface area is 165 Å².